The van der Waals surface area contributed by atoms with Crippen LogP contribution in [0.4, 0.5) is 5.82 Å². The summed E-state index contributed by atoms with van der Waals surface area (Å²) < 4.78 is 5.32. The Morgan fingerprint density at radius 3 is 2.62 bits per heavy atom. The van der Waals surface area contributed by atoms with Crippen LogP contribution in [-0.2, 0) is 0 Å². The molecular weight excluding hydrogens is 332 g/mol. The molecule has 1 unspecified atom stereocenters. The van der Waals surface area contributed by atoms with Crippen molar-refractivity contribution in [1.82, 2.24) is 15.0 Å². The van der Waals surface area contributed by atoms with Gasteiger partial charge in [-0.25, -0.2) is 4.79 Å². The van der Waals surface area contributed by atoms with Crippen molar-refractivity contribution in [2.24, 2.45) is 0 Å². The summed E-state index contributed by atoms with van der Waals surface area (Å²) in [7, 11) is 2.14. The molecule has 7 nitrogen and oxygen atoms in total. The van der Waals surface area contributed by atoms with E-state index in [0.29, 0.717) is 24.0 Å². The molecule has 0 bridgehead atoms. The van der Waals surface area contributed by atoms with Crippen LogP contribution in [0.25, 0.3) is 11.3 Å². The fourth-order valence-corrected chi connectivity index (χ4v) is 3.24. The number of hydrogen-bond acceptors (Lipinski definition) is 6. The minimum atomic E-state index is -1.04. The molecule has 0 amide bonds. The van der Waals surface area contributed by atoms with Crippen LogP contribution in [0, 0.1) is 0 Å². The second kappa shape index (κ2) is 8.33. The number of nitrogens with zero attached hydrogens (tertiary/aromatic N) is 3. The first-order valence-corrected chi connectivity index (χ1v) is 9.01. The summed E-state index contributed by atoms with van der Waals surface area (Å²) in [4.78, 5) is 16.5. The lowest BCUT2D eigenvalue weighted by molar-refractivity contribution is 0.0698. The standard InChI is InChI=1S/C19H26N4O3/c1-14(23-12-10-22(2)11-13-23)8-9-20-18-16(19(24)25)17(26-21-18)15-6-4-3-5-7-15/h3-7,14H,8-13H2,1-2H3,(H,20,21)(H,24,25). The SMILES string of the molecule is CC(CCNc1noc(-c2ccccc2)c1C(=O)O)N1CCN(C)CC1. The number of carboxylic acids is 1. The molecule has 0 aliphatic carbocycles. The van der Waals surface area contributed by atoms with Crippen molar-refractivity contribution in [3.63, 3.8) is 0 Å². The fraction of sp³-hybridized carbons (Fsp3) is 0.474. The highest BCUT2D eigenvalue weighted by Gasteiger charge is 2.24. The van der Waals surface area contributed by atoms with Crippen molar-refractivity contribution in [2.75, 3.05) is 45.1 Å². The van der Waals surface area contributed by atoms with Gasteiger partial charge in [0.1, 0.15) is 0 Å². The molecule has 1 aromatic carbocycles. The van der Waals surface area contributed by atoms with Crippen molar-refractivity contribution in [2.45, 2.75) is 19.4 Å². The minimum absolute atomic E-state index is 0.0865. The number of aromatic nitrogens is 1. The van der Waals surface area contributed by atoms with E-state index in [4.69, 9.17) is 4.52 Å². The number of aromatic carboxylic acids is 1. The number of likely N-dealkylation sites (N-methyl/N-ethyl adjacent to an activating group) is 1. The number of rotatable bonds is 7. The van der Waals surface area contributed by atoms with Gasteiger partial charge in [0.15, 0.2) is 17.1 Å². The van der Waals surface area contributed by atoms with E-state index in [-0.39, 0.29) is 11.3 Å². The highest BCUT2D eigenvalue weighted by atomic mass is 16.5. The Kier molecular flexibility index (Phi) is 5.90. The zero-order chi connectivity index (χ0) is 18.5. The third kappa shape index (κ3) is 4.23. The van der Waals surface area contributed by atoms with E-state index in [9.17, 15) is 9.90 Å². The lowest BCUT2D eigenvalue weighted by Gasteiger charge is -2.36. The average molecular weight is 358 g/mol. The second-order valence-corrected chi connectivity index (χ2v) is 6.81. The molecule has 1 atom stereocenters. The van der Waals surface area contributed by atoms with Crippen LogP contribution in [0.2, 0.25) is 0 Å². The smallest absolute Gasteiger partial charge is 0.343 e. The number of benzene rings is 1. The van der Waals surface area contributed by atoms with Crippen molar-refractivity contribution >= 4 is 11.8 Å². The summed E-state index contributed by atoms with van der Waals surface area (Å²) in [5.74, 6) is -0.464. The molecule has 2 heterocycles. The summed E-state index contributed by atoms with van der Waals surface area (Å²) in [6.07, 6.45) is 0.913. The van der Waals surface area contributed by atoms with Crippen LogP contribution in [-0.4, -0.2) is 71.8 Å². The van der Waals surface area contributed by atoms with E-state index in [1.54, 1.807) is 0 Å². The minimum Gasteiger partial charge on any atom is -0.477 e. The number of hydrogen-bond donors (Lipinski definition) is 2. The van der Waals surface area contributed by atoms with Crippen LogP contribution in [0.1, 0.15) is 23.7 Å². The summed E-state index contributed by atoms with van der Waals surface area (Å²) in [6.45, 7) is 7.17. The molecule has 3 rings (SSSR count). The van der Waals surface area contributed by atoms with Gasteiger partial charge in [-0.2, -0.15) is 0 Å². The summed E-state index contributed by atoms with van der Waals surface area (Å²) in [6, 6.07) is 9.62. The molecule has 1 aliphatic rings. The maximum atomic E-state index is 11.7. The zero-order valence-electron chi connectivity index (χ0n) is 15.3. The normalized spacial score (nSPS) is 17.2. The fourth-order valence-electron chi connectivity index (χ4n) is 3.24. The van der Waals surface area contributed by atoms with E-state index in [1.807, 2.05) is 30.3 Å². The van der Waals surface area contributed by atoms with E-state index in [0.717, 1.165) is 32.6 Å². The predicted octanol–water partition coefficient (Wildman–Crippen LogP) is 2.48. The Bertz CT molecular complexity index is 724. The first-order valence-electron chi connectivity index (χ1n) is 9.01. The second-order valence-electron chi connectivity index (χ2n) is 6.81. The molecule has 2 N–H and O–H groups in total. The van der Waals surface area contributed by atoms with Crippen LogP contribution < -0.4 is 5.32 Å². The van der Waals surface area contributed by atoms with Gasteiger partial charge in [0.2, 0.25) is 0 Å². The Balaban J connectivity index is 1.61. The van der Waals surface area contributed by atoms with Gasteiger partial charge in [-0.1, -0.05) is 35.5 Å². The topological polar surface area (TPSA) is 81.8 Å². The number of anilines is 1. The third-order valence-corrected chi connectivity index (χ3v) is 4.96. The summed E-state index contributed by atoms with van der Waals surface area (Å²) >= 11 is 0. The van der Waals surface area contributed by atoms with E-state index < -0.39 is 5.97 Å². The molecule has 1 saturated heterocycles. The van der Waals surface area contributed by atoms with Gasteiger partial charge in [0.05, 0.1) is 0 Å². The van der Waals surface area contributed by atoms with E-state index in [2.05, 4.69) is 34.2 Å². The maximum absolute atomic E-state index is 11.7. The molecule has 2 aromatic rings. The number of carbonyl (C=O) groups is 1. The van der Waals surface area contributed by atoms with Crippen molar-refractivity contribution < 1.29 is 14.4 Å². The lowest BCUT2D eigenvalue weighted by Crippen LogP contribution is -2.48. The highest BCUT2D eigenvalue weighted by Crippen LogP contribution is 2.29. The predicted molar refractivity (Wildman–Crippen MR) is 101 cm³/mol. The Morgan fingerprint density at radius 2 is 1.96 bits per heavy atom. The molecule has 0 spiro atoms. The van der Waals surface area contributed by atoms with Gasteiger partial charge >= 0.3 is 5.97 Å². The Hall–Kier alpha value is -2.38. The maximum Gasteiger partial charge on any atom is 0.343 e. The molecule has 140 valence electrons. The van der Waals surface area contributed by atoms with Gasteiger partial charge in [0.25, 0.3) is 0 Å². The van der Waals surface area contributed by atoms with Crippen LogP contribution >= 0.6 is 0 Å². The number of nitrogens with one attached hydrogen (secondary N) is 1. The lowest BCUT2D eigenvalue weighted by atomic mass is 10.1. The van der Waals surface area contributed by atoms with Gasteiger partial charge in [-0.05, 0) is 20.4 Å². The zero-order valence-corrected chi connectivity index (χ0v) is 15.3. The average Bonchev–Trinajstić information content (AvgIpc) is 3.07. The molecule has 0 radical (unpaired) electrons. The van der Waals surface area contributed by atoms with Crippen molar-refractivity contribution in [1.29, 1.82) is 0 Å². The number of piperazine rings is 1. The quantitative estimate of drug-likeness (QED) is 0.787. The monoisotopic (exact) mass is 358 g/mol. The molecule has 26 heavy (non-hydrogen) atoms. The molecule has 1 aliphatic heterocycles. The van der Waals surface area contributed by atoms with Crippen molar-refractivity contribution in [3.8, 4) is 11.3 Å². The molecular formula is C19H26N4O3. The molecule has 1 aromatic heterocycles. The summed E-state index contributed by atoms with van der Waals surface area (Å²) in [5.41, 5.74) is 0.791. The van der Waals surface area contributed by atoms with Crippen molar-refractivity contribution in [3.05, 3.63) is 35.9 Å². The third-order valence-electron chi connectivity index (χ3n) is 4.96. The van der Waals surface area contributed by atoms with Crippen LogP contribution in [0.15, 0.2) is 34.9 Å². The first-order chi connectivity index (χ1) is 12.6. The first kappa shape index (κ1) is 18.4. The largest absolute Gasteiger partial charge is 0.477 e. The van der Waals surface area contributed by atoms with Gasteiger partial charge in [-0.3, -0.25) is 4.90 Å². The molecule has 7 heteroatoms. The van der Waals surface area contributed by atoms with E-state index in [1.165, 1.54) is 0 Å². The van der Waals surface area contributed by atoms with Gasteiger partial charge in [-0.15, -0.1) is 0 Å². The number of carboxylic acid groups (broad SMARTS) is 1. The Morgan fingerprint density at radius 1 is 1.27 bits per heavy atom. The Labute approximate surface area is 153 Å². The van der Waals surface area contributed by atoms with Crippen LogP contribution in [0.3, 0.4) is 0 Å². The van der Waals surface area contributed by atoms with Gasteiger partial charge < -0.3 is 19.8 Å². The summed E-state index contributed by atoms with van der Waals surface area (Å²) in [5, 5.41) is 16.7. The molecule has 1 fully saturated rings. The van der Waals surface area contributed by atoms with Crippen LogP contribution in [0.5, 0.6) is 0 Å². The molecule has 0 saturated carbocycles. The van der Waals surface area contributed by atoms with Gasteiger partial charge in [0, 0.05) is 44.3 Å². The highest BCUT2D eigenvalue weighted by molar-refractivity contribution is 5.99. The van der Waals surface area contributed by atoms with E-state index >= 15 is 0 Å².